The van der Waals surface area contributed by atoms with E-state index in [0.717, 1.165) is 30.4 Å². The molecule has 2 fully saturated rings. The molecule has 0 bridgehead atoms. The molecule has 1 atom stereocenters. The number of carbonyl (C=O) groups excluding carboxylic acids is 1. The topological polar surface area (TPSA) is 71.8 Å². The molecule has 0 spiro atoms. The first-order chi connectivity index (χ1) is 13.0. The SMILES string of the molecule is CC(CN1CCOCC1)NC(=O)c1cc2nc(C3CC3)cc(C(F)F)n2n1. The molecular formula is C18H23F2N5O2. The number of nitrogens with one attached hydrogen (secondary N) is 1. The van der Waals surface area contributed by atoms with Gasteiger partial charge in [-0.1, -0.05) is 0 Å². The zero-order valence-corrected chi connectivity index (χ0v) is 15.2. The summed E-state index contributed by atoms with van der Waals surface area (Å²) in [6, 6.07) is 2.80. The lowest BCUT2D eigenvalue weighted by Gasteiger charge is -2.29. The zero-order valence-electron chi connectivity index (χ0n) is 15.2. The summed E-state index contributed by atoms with van der Waals surface area (Å²) in [4.78, 5) is 19.2. The van der Waals surface area contributed by atoms with Crippen LogP contribution in [0, 0.1) is 0 Å². The molecule has 7 nitrogen and oxygen atoms in total. The van der Waals surface area contributed by atoms with Crippen LogP contribution in [0.15, 0.2) is 12.1 Å². The highest BCUT2D eigenvalue weighted by molar-refractivity contribution is 5.93. The van der Waals surface area contributed by atoms with E-state index in [-0.39, 0.29) is 29.3 Å². The molecule has 1 saturated carbocycles. The lowest BCUT2D eigenvalue weighted by atomic mass is 10.2. The second kappa shape index (κ2) is 7.47. The number of hydrogen-bond donors (Lipinski definition) is 1. The first-order valence-electron chi connectivity index (χ1n) is 9.31. The van der Waals surface area contributed by atoms with E-state index >= 15 is 0 Å². The van der Waals surface area contributed by atoms with E-state index in [1.165, 1.54) is 12.1 Å². The number of alkyl halides is 2. The molecule has 1 unspecified atom stereocenters. The highest BCUT2D eigenvalue weighted by Gasteiger charge is 2.28. The van der Waals surface area contributed by atoms with Crippen LogP contribution in [0.2, 0.25) is 0 Å². The maximum absolute atomic E-state index is 13.4. The van der Waals surface area contributed by atoms with Gasteiger partial charge >= 0.3 is 0 Å². The van der Waals surface area contributed by atoms with Crippen molar-refractivity contribution in [2.75, 3.05) is 32.8 Å². The van der Waals surface area contributed by atoms with Crippen molar-refractivity contribution < 1.29 is 18.3 Å². The van der Waals surface area contributed by atoms with Crippen molar-refractivity contribution in [3.8, 4) is 0 Å². The number of halogens is 2. The molecular weight excluding hydrogens is 356 g/mol. The fraction of sp³-hybridized carbons (Fsp3) is 0.611. The minimum atomic E-state index is -2.68. The number of ether oxygens (including phenoxy) is 1. The standard InChI is InChI=1S/C18H23F2N5O2/c1-11(10-24-4-6-27-7-5-24)21-18(26)14-9-16-22-13(12-2-3-12)8-15(17(19)20)25(16)23-14/h8-9,11-12,17H,2-7,10H2,1H3,(H,21,26). The van der Waals surface area contributed by atoms with Crippen LogP contribution in [-0.2, 0) is 4.74 Å². The fourth-order valence-corrected chi connectivity index (χ4v) is 3.39. The number of carbonyl (C=O) groups is 1. The Kier molecular flexibility index (Phi) is 5.05. The second-order valence-corrected chi connectivity index (χ2v) is 7.27. The zero-order chi connectivity index (χ0) is 19.0. The normalized spacial score (nSPS) is 19.6. The Hall–Kier alpha value is -2.13. The van der Waals surface area contributed by atoms with Crippen LogP contribution in [0.4, 0.5) is 8.78 Å². The Morgan fingerprint density at radius 3 is 2.74 bits per heavy atom. The van der Waals surface area contributed by atoms with Crippen LogP contribution in [0.1, 0.15) is 54.0 Å². The van der Waals surface area contributed by atoms with Crippen molar-refractivity contribution in [3.05, 3.63) is 29.2 Å². The predicted octanol–water partition coefficient (Wildman–Crippen LogP) is 1.99. The molecule has 9 heteroatoms. The molecule has 2 aromatic heterocycles. The van der Waals surface area contributed by atoms with Crippen molar-refractivity contribution in [1.82, 2.24) is 24.8 Å². The highest BCUT2D eigenvalue weighted by Crippen LogP contribution is 2.40. The Morgan fingerprint density at radius 1 is 1.33 bits per heavy atom. The Bertz CT molecular complexity index is 831. The van der Waals surface area contributed by atoms with Gasteiger partial charge in [0.05, 0.1) is 13.2 Å². The molecule has 146 valence electrons. The van der Waals surface area contributed by atoms with Gasteiger partial charge in [0.2, 0.25) is 0 Å². The van der Waals surface area contributed by atoms with Gasteiger partial charge in [-0.05, 0) is 25.8 Å². The van der Waals surface area contributed by atoms with E-state index < -0.39 is 6.43 Å². The second-order valence-electron chi connectivity index (χ2n) is 7.27. The summed E-state index contributed by atoms with van der Waals surface area (Å²) in [5.41, 5.74) is 0.833. The summed E-state index contributed by atoms with van der Waals surface area (Å²) in [5, 5.41) is 6.97. The smallest absolute Gasteiger partial charge is 0.280 e. The maximum atomic E-state index is 13.4. The lowest BCUT2D eigenvalue weighted by molar-refractivity contribution is 0.0342. The molecule has 2 aromatic rings. The van der Waals surface area contributed by atoms with E-state index in [0.29, 0.717) is 31.1 Å². The van der Waals surface area contributed by atoms with Gasteiger partial charge in [0.25, 0.3) is 12.3 Å². The molecule has 1 aliphatic heterocycles. The molecule has 0 aromatic carbocycles. The van der Waals surface area contributed by atoms with Crippen LogP contribution in [-0.4, -0.2) is 64.3 Å². The Balaban J connectivity index is 1.50. The Labute approximate surface area is 155 Å². The van der Waals surface area contributed by atoms with Gasteiger partial charge in [-0.15, -0.1) is 0 Å². The summed E-state index contributed by atoms with van der Waals surface area (Å²) >= 11 is 0. The van der Waals surface area contributed by atoms with Gasteiger partial charge in [0.15, 0.2) is 11.3 Å². The van der Waals surface area contributed by atoms with Crippen molar-refractivity contribution in [3.63, 3.8) is 0 Å². The molecule has 0 radical (unpaired) electrons. The Morgan fingerprint density at radius 2 is 2.07 bits per heavy atom. The van der Waals surface area contributed by atoms with Crippen LogP contribution in [0.3, 0.4) is 0 Å². The monoisotopic (exact) mass is 379 g/mol. The number of nitrogens with zero attached hydrogens (tertiary/aromatic N) is 4. The van der Waals surface area contributed by atoms with E-state index in [1.54, 1.807) is 0 Å². The van der Waals surface area contributed by atoms with Gasteiger partial charge in [0.1, 0.15) is 5.69 Å². The predicted molar refractivity (Wildman–Crippen MR) is 94.1 cm³/mol. The molecule has 1 N–H and O–H groups in total. The average Bonchev–Trinajstić information content (AvgIpc) is 3.40. The van der Waals surface area contributed by atoms with Crippen molar-refractivity contribution in [2.45, 2.75) is 38.2 Å². The molecule has 3 heterocycles. The average molecular weight is 379 g/mol. The number of rotatable bonds is 6. The van der Waals surface area contributed by atoms with E-state index in [4.69, 9.17) is 4.74 Å². The van der Waals surface area contributed by atoms with E-state index in [2.05, 4.69) is 20.3 Å². The summed E-state index contributed by atoms with van der Waals surface area (Å²) in [6.07, 6.45) is -0.747. The lowest BCUT2D eigenvalue weighted by Crippen LogP contribution is -2.46. The van der Waals surface area contributed by atoms with Crippen molar-refractivity contribution in [2.24, 2.45) is 0 Å². The number of morpholine rings is 1. The number of aromatic nitrogens is 3. The van der Waals surface area contributed by atoms with Gasteiger partial charge in [0, 0.05) is 43.4 Å². The first kappa shape index (κ1) is 18.2. The number of hydrogen-bond acceptors (Lipinski definition) is 5. The van der Waals surface area contributed by atoms with Gasteiger partial charge in [-0.3, -0.25) is 9.69 Å². The summed E-state index contributed by atoms with van der Waals surface area (Å²) in [5.74, 6) is -0.136. The third-order valence-electron chi connectivity index (χ3n) is 4.94. The van der Waals surface area contributed by atoms with Gasteiger partial charge in [-0.2, -0.15) is 5.10 Å². The molecule has 1 saturated heterocycles. The highest BCUT2D eigenvalue weighted by atomic mass is 19.3. The third kappa shape index (κ3) is 4.08. The molecule has 27 heavy (non-hydrogen) atoms. The van der Waals surface area contributed by atoms with E-state index in [9.17, 15) is 13.6 Å². The van der Waals surface area contributed by atoms with Crippen LogP contribution < -0.4 is 5.32 Å². The fourth-order valence-electron chi connectivity index (χ4n) is 3.39. The number of fused-ring (bicyclic) bond motifs is 1. The largest absolute Gasteiger partial charge is 0.379 e. The third-order valence-corrected chi connectivity index (χ3v) is 4.94. The van der Waals surface area contributed by atoms with Crippen LogP contribution in [0.5, 0.6) is 0 Å². The summed E-state index contributed by atoms with van der Waals surface area (Å²) in [6.45, 7) is 5.67. The molecule has 1 amide bonds. The molecule has 4 rings (SSSR count). The minimum Gasteiger partial charge on any atom is -0.379 e. The molecule has 2 aliphatic rings. The number of amides is 1. The quantitative estimate of drug-likeness (QED) is 0.831. The van der Waals surface area contributed by atoms with Crippen molar-refractivity contribution in [1.29, 1.82) is 0 Å². The van der Waals surface area contributed by atoms with Gasteiger partial charge < -0.3 is 10.1 Å². The molecule has 1 aliphatic carbocycles. The minimum absolute atomic E-state index is 0.0926. The van der Waals surface area contributed by atoms with E-state index in [1.807, 2.05) is 6.92 Å². The summed E-state index contributed by atoms with van der Waals surface area (Å²) in [7, 11) is 0. The first-order valence-corrected chi connectivity index (χ1v) is 9.31. The van der Waals surface area contributed by atoms with Crippen LogP contribution >= 0.6 is 0 Å². The van der Waals surface area contributed by atoms with Gasteiger partial charge in [-0.25, -0.2) is 18.3 Å². The summed E-state index contributed by atoms with van der Waals surface area (Å²) < 4.78 is 33.3. The van der Waals surface area contributed by atoms with Crippen LogP contribution in [0.25, 0.3) is 5.65 Å². The van der Waals surface area contributed by atoms with Crippen molar-refractivity contribution >= 4 is 11.6 Å². The maximum Gasteiger partial charge on any atom is 0.280 e.